The van der Waals surface area contributed by atoms with E-state index in [1.54, 1.807) is 42.5 Å². The predicted molar refractivity (Wildman–Crippen MR) is 99.0 cm³/mol. The van der Waals surface area contributed by atoms with Gasteiger partial charge in [0.05, 0.1) is 11.8 Å². The first-order valence-electron chi connectivity index (χ1n) is 8.51. The third-order valence-electron chi connectivity index (χ3n) is 4.56. The minimum absolute atomic E-state index is 0.357. The molecule has 0 fully saturated rings. The normalized spacial score (nSPS) is 14.9. The quantitative estimate of drug-likeness (QED) is 0.805. The first kappa shape index (κ1) is 18.6. The molecule has 2 aromatic carbocycles. The lowest BCUT2D eigenvalue weighted by Crippen LogP contribution is -2.27. The van der Waals surface area contributed by atoms with Gasteiger partial charge < -0.3 is 24.6 Å². The highest BCUT2D eigenvalue weighted by Gasteiger charge is 2.37. The molecule has 1 aliphatic rings. The van der Waals surface area contributed by atoms with Gasteiger partial charge in [0.2, 0.25) is 0 Å². The molecule has 142 valence electrons. The van der Waals surface area contributed by atoms with Crippen molar-refractivity contribution in [2.45, 2.75) is 11.8 Å². The first-order chi connectivity index (χ1) is 12.9. The van der Waals surface area contributed by atoms with Crippen LogP contribution in [0.1, 0.15) is 23.0 Å². The lowest BCUT2D eigenvalue weighted by molar-refractivity contribution is -0.147. The van der Waals surface area contributed by atoms with Gasteiger partial charge in [-0.1, -0.05) is 18.2 Å². The van der Waals surface area contributed by atoms with E-state index in [2.05, 4.69) is 0 Å². The number of nitrogens with zero attached hydrogens (tertiary/aromatic N) is 1. The Hall–Kier alpha value is -3.22. The summed E-state index contributed by atoms with van der Waals surface area (Å²) in [6.45, 7) is 0.785. The average Bonchev–Trinajstić information content (AvgIpc) is 2.65. The van der Waals surface area contributed by atoms with Gasteiger partial charge in [0, 0.05) is 19.8 Å². The molecular weight excluding hydrogens is 350 g/mol. The minimum Gasteiger partial charge on any atom is -0.486 e. The van der Waals surface area contributed by atoms with Crippen molar-refractivity contribution in [3.8, 4) is 11.5 Å². The molecule has 2 aromatic rings. The van der Waals surface area contributed by atoms with Crippen LogP contribution in [0.3, 0.4) is 0 Å². The van der Waals surface area contributed by atoms with Crippen LogP contribution in [0.2, 0.25) is 0 Å². The summed E-state index contributed by atoms with van der Waals surface area (Å²) in [5.41, 5.74) is 1.68. The molecule has 2 N–H and O–H groups in total. The molecule has 3 rings (SSSR count). The third kappa shape index (κ3) is 3.81. The van der Waals surface area contributed by atoms with Gasteiger partial charge in [-0.05, 0) is 35.4 Å². The molecule has 27 heavy (non-hydrogen) atoms. The number of rotatable bonds is 6. The number of carboxylic acid groups (broad SMARTS) is 2. The Kier molecular flexibility index (Phi) is 5.21. The minimum atomic E-state index is -1.26. The van der Waals surface area contributed by atoms with Crippen LogP contribution in [0.4, 0.5) is 5.69 Å². The number of fused-ring (bicyclic) bond motifs is 1. The monoisotopic (exact) mass is 371 g/mol. The molecule has 0 aromatic heterocycles. The summed E-state index contributed by atoms with van der Waals surface area (Å²) in [5, 5.41) is 19.6. The lowest BCUT2D eigenvalue weighted by Gasteiger charge is -2.24. The van der Waals surface area contributed by atoms with Crippen LogP contribution in [0, 0.1) is 0 Å². The van der Waals surface area contributed by atoms with Crippen LogP contribution < -0.4 is 14.4 Å². The fourth-order valence-corrected chi connectivity index (χ4v) is 3.19. The number of carbonyl (C=O) groups is 2. The molecule has 1 aliphatic heterocycles. The van der Waals surface area contributed by atoms with Gasteiger partial charge in [0.15, 0.2) is 11.5 Å². The van der Waals surface area contributed by atoms with E-state index in [9.17, 15) is 19.8 Å². The molecule has 0 amide bonds. The summed E-state index contributed by atoms with van der Waals surface area (Å²) in [6.07, 6.45) is 0. The average molecular weight is 371 g/mol. The Balaban J connectivity index is 2.02. The van der Waals surface area contributed by atoms with Gasteiger partial charge in [-0.15, -0.1) is 0 Å². The smallest absolute Gasteiger partial charge is 0.312 e. The fraction of sp³-hybridized carbons (Fsp3) is 0.300. The SMILES string of the molecule is CN(C)c1ccc(C(C(=O)O)C(C(=O)O)c2ccc3c(c2)OCCO3)cc1. The predicted octanol–water partition coefficient (Wildman–Crippen LogP) is 2.56. The molecule has 0 radical (unpaired) electrons. The summed E-state index contributed by atoms with van der Waals surface area (Å²) in [4.78, 5) is 25.9. The molecule has 0 spiro atoms. The van der Waals surface area contributed by atoms with Gasteiger partial charge in [0.25, 0.3) is 0 Å². The number of hydrogen-bond donors (Lipinski definition) is 2. The van der Waals surface area contributed by atoms with E-state index < -0.39 is 23.8 Å². The largest absolute Gasteiger partial charge is 0.486 e. The summed E-state index contributed by atoms with van der Waals surface area (Å²) in [6, 6.07) is 11.6. The van der Waals surface area contributed by atoms with Crippen molar-refractivity contribution < 1.29 is 29.3 Å². The van der Waals surface area contributed by atoms with E-state index in [1.807, 2.05) is 19.0 Å². The van der Waals surface area contributed by atoms with Crippen LogP contribution in [0.5, 0.6) is 11.5 Å². The Bertz CT molecular complexity index is 846. The van der Waals surface area contributed by atoms with Crippen molar-refractivity contribution in [2.24, 2.45) is 0 Å². The standard InChI is InChI=1S/C20H21NO6/c1-21(2)14-6-3-12(4-7-14)17(19(22)23)18(20(24)25)13-5-8-15-16(11-13)27-10-9-26-15/h3-8,11,17-18H,9-10H2,1-2H3,(H,22,23)(H,24,25). The van der Waals surface area contributed by atoms with Crippen LogP contribution in [-0.4, -0.2) is 49.5 Å². The Morgan fingerprint density at radius 2 is 1.37 bits per heavy atom. The van der Waals surface area contributed by atoms with Gasteiger partial charge in [-0.3, -0.25) is 9.59 Å². The van der Waals surface area contributed by atoms with E-state index in [1.165, 1.54) is 0 Å². The maximum Gasteiger partial charge on any atom is 0.312 e. The molecule has 0 saturated heterocycles. The Morgan fingerprint density at radius 1 is 0.852 bits per heavy atom. The van der Waals surface area contributed by atoms with Crippen LogP contribution in [0.25, 0.3) is 0 Å². The zero-order valence-electron chi connectivity index (χ0n) is 15.1. The highest BCUT2D eigenvalue weighted by atomic mass is 16.6. The molecule has 2 atom stereocenters. The molecule has 0 bridgehead atoms. The second-order valence-electron chi connectivity index (χ2n) is 6.52. The molecular formula is C20H21NO6. The van der Waals surface area contributed by atoms with Gasteiger partial charge in [-0.25, -0.2) is 0 Å². The lowest BCUT2D eigenvalue weighted by atomic mass is 9.81. The third-order valence-corrected chi connectivity index (χ3v) is 4.56. The number of hydrogen-bond acceptors (Lipinski definition) is 5. The second-order valence-corrected chi connectivity index (χ2v) is 6.52. The summed E-state index contributed by atoms with van der Waals surface area (Å²) < 4.78 is 11.0. The van der Waals surface area contributed by atoms with Gasteiger partial charge >= 0.3 is 11.9 Å². The van der Waals surface area contributed by atoms with Gasteiger partial charge in [0.1, 0.15) is 13.2 Å². The van der Waals surface area contributed by atoms with E-state index in [0.29, 0.717) is 35.8 Å². The number of aliphatic carboxylic acids is 2. The highest BCUT2D eigenvalue weighted by molar-refractivity contribution is 5.88. The van der Waals surface area contributed by atoms with Gasteiger partial charge in [-0.2, -0.15) is 0 Å². The van der Waals surface area contributed by atoms with E-state index in [0.717, 1.165) is 5.69 Å². The fourth-order valence-electron chi connectivity index (χ4n) is 3.19. The number of carboxylic acids is 2. The van der Waals surface area contributed by atoms with Crippen molar-refractivity contribution in [2.75, 3.05) is 32.2 Å². The first-order valence-corrected chi connectivity index (χ1v) is 8.51. The van der Waals surface area contributed by atoms with Crippen molar-refractivity contribution in [1.29, 1.82) is 0 Å². The van der Waals surface area contributed by atoms with E-state index in [-0.39, 0.29) is 0 Å². The Morgan fingerprint density at radius 3 is 1.93 bits per heavy atom. The van der Waals surface area contributed by atoms with E-state index >= 15 is 0 Å². The van der Waals surface area contributed by atoms with Crippen LogP contribution in [0.15, 0.2) is 42.5 Å². The maximum absolute atomic E-state index is 12.0. The van der Waals surface area contributed by atoms with Crippen molar-refractivity contribution in [1.82, 2.24) is 0 Å². The highest BCUT2D eigenvalue weighted by Crippen LogP contribution is 2.39. The molecule has 7 heteroatoms. The topological polar surface area (TPSA) is 96.3 Å². The molecule has 0 saturated carbocycles. The zero-order chi connectivity index (χ0) is 19.6. The molecule has 2 unspecified atom stereocenters. The van der Waals surface area contributed by atoms with Crippen molar-refractivity contribution >= 4 is 17.6 Å². The van der Waals surface area contributed by atoms with Crippen molar-refractivity contribution in [3.63, 3.8) is 0 Å². The van der Waals surface area contributed by atoms with Crippen LogP contribution >= 0.6 is 0 Å². The number of ether oxygens (including phenoxy) is 2. The molecule has 1 heterocycles. The van der Waals surface area contributed by atoms with E-state index in [4.69, 9.17) is 9.47 Å². The Labute approximate surface area is 156 Å². The maximum atomic E-state index is 12.0. The number of anilines is 1. The number of benzene rings is 2. The summed E-state index contributed by atoms with van der Waals surface area (Å²) in [7, 11) is 3.75. The summed E-state index contributed by atoms with van der Waals surface area (Å²) in [5.74, 6) is -3.95. The second kappa shape index (κ2) is 7.57. The molecule has 7 nitrogen and oxygen atoms in total. The van der Waals surface area contributed by atoms with Crippen molar-refractivity contribution in [3.05, 3.63) is 53.6 Å². The zero-order valence-corrected chi connectivity index (χ0v) is 15.1. The molecule has 0 aliphatic carbocycles. The van der Waals surface area contributed by atoms with Crippen LogP contribution in [-0.2, 0) is 9.59 Å². The summed E-state index contributed by atoms with van der Waals surface area (Å²) >= 11 is 0.